The molecule has 0 atom stereocenters. The second kappa shape index (κ2) is 12.8. The monoisotopic (exact) mass is 538 g/mol. The largest absolute Gasteiger partial charge is 0.481 e. The van der Waals surface area contributed by atoms with Gasteiger partial charge in [-0.05, 0) is 59.5 Å². The Morgan fingerprint density at radius 3 is 2.38 bits per heavy atom. The van der Waals surface area contributed by atoms with Crippen LogP contribution in [0.1, 0.15) is 16.7 Å². The number of aliphatic hydroxyl groups is 2. The predicted molar refractivity (Wildman–Crippen MR) is 157 cm³/mol. The fourth-order valence-electron chi connectivity index (χ4n) is 4.80. The maximum Gasteiger partial charge on any atom is 0.227 e. The molecule has 206 valence electrons. The van der Waals surface area contributed by atoms with Crippen molar-refractivity contribution in [2.24, 2.45) is 0 Å². The van der Waals surface area contributed by atoms with Crippen LogP contribution < -0.4 is 15.4 Å². The van der Waals surface area contributed by atoms with Gasteiger partial charge < -0.3 is 30.0 Å². The molecule has 40 heavy (non-hydrogen) atoms. The molecule has 0 aliphatic rings. The third-order valence-corrected chi connectivity index (χ3v) is 6.84. The van der Waals surface area contributed by atoms with E-state index in [1.165, 1.54) is 0 Å². The summed E-state index contributed by atoms with van der Waals surface area (Å²) < 4.78 is 11.8. The van der Waals surface area contributed by atoms with Crippen molar-refractivity contribution in [2.45, 2.75) is 20.0 Å². The van der Waals surface area contributed by atoms with Crippen LogP contribution in [0.4, 0.5) is 0 Å². The Labute approximate surface area is 233 Å². The molecule has 8 heteroatoms. The van der Waals surface area contributed by atoms with Crippen LogP contribution in [-0.4, -0.2) is 53.6 Å². The van der Waals surface area contributed by atoms with Gasteiger partial charge in [-0.1, -0.05) is 42.5 Å². The van der Waals surface area contributed by atoms with E-state index in [-0.39, 0.29) is 13.2 Å². The van der Waals surface area contributed by atoms with E-state index in [9.17, 15) is 0 Å². The van der Waals surface area contributed by atoms with E-state index in [2.05, 4.69) is 41.8 Å². The van der Waals surface area contributed by atoms with Gasteiger partial charge in [-0.25, -0.2) is 9.97 Å². The minimum atomic E-state index is 0.0814. The standard InChI is InChI=1S/C32H34N4O4/c1-21-26(7-4-8-27(21)28-11-10-25(20-34-14-16-38)31(35-28)39-2)23-9-12-29-30(18-23)40-32(36-29)24-6-3-5-22(17-24)19-33-13-15-37/h3-12,17-18,33-34,37-38H,13-16,19-20H2,1-2H3. The average molecular weight is 539 g/mol. The molecule has 0 aliphatic carbocycles. The van der Waals surface area contributed by atoms with Crippen LogP contribution in [0.2, 0.25) is 0 Å². The first kappa shape index (κ1) is 27.5. The smallest absolute Gasteiger partial charge is 0.227 e. The van der Waals surface area contributed by atoms with Gasteiger partial charge in [0.15, 0.2) is 5.58 Å². The lowest BCUT2D eigenvalue weighted by atomic mass is 9.94. The van der Waals surface area contributed by atoms with Crippen LogP contribution in [-0.2, 0) is 13.1 Å². The van der Waals surface area contributed by atoms with Crippen LogP contribution in [0.25, 0.3) is 44.9 Å². The minimum Gasteiger partial charge on any atom is -0.481 e. The Balaban J connectivity index is 1.43. The van der Waals surface area contributed by atoms with Crippen LogP contribution in [0.3, 0.4) is 0 Å². The summed E-state index contributed by atoms with van der Waals surface area (Å²) in [5, 5.41) is 24.4. The van der Waals surface area contributed by atoms with Gasteiger partial charge in [0, 0.05) is 42.9 Å². The molecule has 5 aromatic rings. The quantitative estimate of drug-likeness (QED) is 0.169. The number of rotatable bonds is 12. The molecule has 8 nitrogen and oxygen atoms in total. The summed E-state index contributed by atoms with van der Waals surface area (Å²) in [6.07, 6.45) is 0. The number of benzene rings is 3. The summed E-state index contributed by atoms with van der Waals surface area (Å²) in [7, 11) is 1.62. The number of aliphatic hydroxyl groups excluding tert-OH is 2. The number of pyridine rings is 1. The van der Waals surface area contributed by atoms with E-state index in [1.54, 1.807) is 7.11 Å². The van der Waals surface area contributed by atoms with Gasteiger partial charge >= 0.3 is 0 Å². The summed E-state index contributed by atoms with van der Waals surface area (Å²) in [6, 6.07) is 24.4. The molecule has 5 rings (SSSR count). The topological polar surface area (TPSA) is 113 Å². The molecule has 0 saturated heterocycles. The summed E-state index contributed by atoms with van der Waals surface area (Å²) in [6.45, 7) is 4.58. The molecule has 0 saturated carbocycles. The number of oxazole rings is 1. The lowest BCUT2D eigenvalue weighted by molar-refractivity contribution is 0.291. The Hall–Kier alpha value is -4.08. The molecule has 0 spiro atoms. The Kier molecular flexibility index (Phi) is 8.83. The van der Waals surface area contributed by atoms with Gasteiger partial charge in [0.1, 0.15) is 5.52 Å². The molecule has 0 unspecified atom stereocenters. The molecule has 2 heterocycles. The highest BCUT2D eigenvalue weighted by Gasteiger charge is 2.15. The summed E-state index contributed by atoms with van der Waals surface area (Å²) in [5.41, 5.74) is 9.55. The van der Waals surface area contributed by atoms with Crippen LogP contribution in [0, 0.1) is 6.92 Å². The zero-order valence-corrected chi connectivity index (χ0v) is 22.8. The first-order valence-corrected chi connectivity index (χ1v) is 13.4. The highest BCUT2D eigenvalue weighted by molar-refractivity contribution is 5.85. The number of methoxy groups -OCH3 is 1. The Morgan fingerprint density at radius 1 is 0.800 bits per heavy atom. The van der Waals surface area contributed by atoms with Crippen molar-refractivity contribution in [1.29, 1.82) is 0 Å². The molecule has 2 aromatic heterocycles. The Morgan fingerprint density at radius 2 is 1.57 bits per heavy atom. The first-order chi connectivity index (χ1) is 19.6. The number of nitrogens with one attached hydrogen (secondary N) is 2. The van der Waals surface area contributed by atoms with Gasteiger partial charge in [0.05, 0.1) is 26.0 Å². The number of nitrogens with zero attached hydrogens (tertiary/aromatic N) is 2. The molecular formula is C32H34N4O4. The maximum absolute atomic E-state index is 9.04. The highest BCUT2D eigenvalue weighted by Crippen LogP contribution is 2.34. The average Bonchev–Trinajstić information content (AvgIpc) is 3.42. The summed E-state index contributed by atoms with van der Waals surface area (Å²) >= 11 is 0. The van der Waals surface area contributed by atoms with E-state index < -0.39 is 0 Å². The van der Waals surface area contributed by atoms with E-state index >= 15 is 0 Å². The van der Waals surface area contributed by atoms with Gasteiger partial charge in [-0.15, -0.1) is 0 Å². The minimum absolute atomic E-state index is 0.0814. The predicted octanol–water partition coefficient (Wildman–Crippen LogP) is 4.70. The van der Waals surface area contributed by atoms with E-state index in [0.717, 1.165) is 55.7 Å². The second-order valence-electron chi connectivity index (χ2n) is 9.55. The summed E-state index contributed by atoms with van der Waals surface area (Å²) in [4.78, 5) is 9.51. The zero-order chi connectivity index (χ0) is 27.9. The lowest BCUT2D eigenvalue weighted by Crippen LogP contribution is -2.18. The molecule has 0 amide bonds. The van der Waals surface area contributed by atoms with Crippen molar-refractivity contribution in [3.63, 3.8) is 0 Å². The molecular weight excluding hydrogens is 504 g/mol. The molecule has 3 aromatic carbocycles. The van der Waals surface area contributed by atoms with Crippen molar-refractivity contribution in [3.8, 4) is 39.7 Å². The molecule has 4 N–H and O–H groups in total. The van der Waals surface area contributed by atoms with E-state index in [1.807, 2.05) is 48.5 Å². The van der Waals surface area contributed by atoms with Crippen LogP contribution in [0.5, 0.6) is 5.88 Å². The SMILES string of the molecule is COc1nc(-c2cccc(-c3ccc4nc(-c5cccc(CNCCO)c5)oc4c3)c2C)ccc1CNCCO. The van der Waals surface area contributed by atoms with Gasteiger partial charge in [-0.2, -0.15) is 0 Å². The van der Waals surface area contributed by atoms with Crippen molar-refractivity contribution >= 4 is 11.1 Å². The Bertz CT molecular complexity index is 1600. The van der Waals surface area contributed by atoms with E-state index in [0.29, 0.717) is 37.9 Å². The second-order valence-corrected chi connectivity index (χ2v) is 9.55. The lowest BCUT2D eigenvalue weighted by Gasteiger charge is -2.14. The molecule has 0 aliphatic heterocycles. The van der Waals surface area contributed by atoms with Crippen LogP contribution >= 0.6 is 0 Å². The third kappa shape index (κ3) is 6.05. The van der Waals surface area contributed by atoms with Gasteiger partial charge in [-0.3, -0.25) is 0 Å². The fourth-order valence-corrected chi connectivity index (χ4v) is 4.80. The maximum atomic E-state index is 9.04. The van der Waals surface area contributed by atoms with Crippen molar-refractivity contribution in [3.05, 3.63) is 89.5 Å². The molecule has 0 fully saturated rings. The van der Waals surface area contributed by atoms with Crippen LogP contribution in [0.15, 0.2) is 77.2 Å². The van der Waals surface area contributed by atoms with Gasteiger partial charge in [0.25, 0.3) is 0 Å². The normalized spacial score (nSPS) is 11.3. The zero-order valence-electron chi connectivity index (χ0n) is 22.8. The first-order valence-electron chi connectivity index (χ1n) is 13.4. The molecule has 0 bridgehead atoms. The van der Waals surface area contributed by atoms with E-state index in [4.69, 9.17) is 29.3 Å². The molecule has 0 radical (unpaired) electrons. The third-order valence-electron chi connectivity index (χ3n) is 6.84. The number of hydrogen-bond acceptors (Lipinski definition) is 8. The number of hydrogen-bond donors (Lipinski definition) is 4. The van der Waals surface area contributed by atoms with Gasteiger partial charge in [0.2, 0.25) is 11.8 Å². The number of fused-ring (bicyclic) bond motifs is 1. The van der Waals surface area contributed by atoms with Crippen molar-refractivity contribution in [1.82, 2.24) is 20.6 Å². The number of aromatic nitrogens is 2. The van der Waals surface area contributed by atoms with Crippen molar-refractivity contribution in [2.75, 3.05) is 33.4 Å². The summed E-state index contributed by atoms with van der Waals surface area (Å²) in [5.74, 6) is 1.14. The number of ether oxygens (including phenoxy) is 1. The van der Waals surface area contributed by atoms with Crippen molar-refractivity contribution < 1.29 is 19.4 Å². The highest BCUT2D eigenvalue weighted by atomic mass is 16.5. The fraction of sp³-hybridized carbons (Fsp3) is 0.250.